The molecule has 0 aromatic carbocycles. The Morgan fingerprint density at radius 2 is 2.21 bits per heavy atom. The summed E-state index contributed by atoms with van der Waals surface area (Å²) in [7, 11) is 0. The number of ether oxygens (including phenoxy) is 1. The molecule has 0 bridgehead atoms. The molecule has 106 valence electrons. The van der Waals surface area contributed by atoms with Crippen LogP contribution in [0.25, 0.3) is 0 Å². The highest BCUT2D eigenvalue weighted by atomic mass is 19.1. The summed E-state index contributed by atoms with van der Waals surface area (Å²) >= 11 is 0. The zero-order valence-corrected chi connectivity index (χ0v) is 11.7. The molecule has 1 N–H and O–H groups in total. The van der Waals surface area contributed by atoms with Gasteiger partial charge in [-0.05, 0) is 50.3 Å². The van der Waals surface area contributed by atoms with Crippen molar-refractivity contribution in [1.29, 1.82) is 0 Å². The van der Waals surface area contributed by atoms with Crippen LogP contribution in [0.15, 0.2) is 18.5 Å². The molecule has 3 nitrogen and oxygen atoms in total. The van der Waals surface area contributed by atoms with Crippen molar-refractivity contribution in [2.45, 2.75) is 45.3 Å². The van der Waals surface area contributed by atoms with Gasteiger partial charge in [0.15, 0.2) is 0 Å². The summed E-state index contributed by atoms with van der Waals surface area (Å²) < 4.78 is 19.3. The molecule has 1 aliphatic carbocycles. The summed E-state index contributed by atoms with van der Waals surface area (Å²) in [6.07, 6.45) is 6.57. The van der Waals surface area contributed by atoms with Crippen LogP contribution in [0.2, 0.25) is 0 Å². The topological polar surface area (TPSA) is 34.2 Å². The first kappa shape index (κ1) is 14.4. The van der Waals surface area contributed by atoms with Gasteiger partial charge in [-0.15, -0.1) is 0 Å². The first-order valence-corrected chi connectivity index (χ1v) is 7.21. The van der Waals surface area contributed by atoms with Gasteiger partial charge in [0.05, 0.1) is 18.3 Å². The van der Waals surface area contributed by atoms with E-state index in [0.717, 1.165) is 18.5 Å². The van der Waals surface area contributed by atoms with E-state index in [0.29, 0.717) is 12.5 Å². The number of nitrogens with one attached hydrogen (secondary N) is 1. The van der Waals surface area contributed by atoms with Crippen molar-refractivity contribution in [3.8, 4) is 0 Å². The van der Waals surface area contributed by atoms with Crippen molar-refractivity contribution in [3.63, 3.8) is 0 Å². The third-order valence-electron chi connectivity index (χ3n) is 3.47. The fourth-order valence-corrected chi connectivity index (χ4v) is 2.44. The Morgan fingerprint density at radius 3 is 2.79 bits per heavy atom. The predicted octanol–water partition coefficient (Wildman–Crippen LogP) is 3.08. The van der Waals surface area contributed by atoms with Gasteiger partial charge in [-0.1, -0.05) is 6.92 Å². The second kappa shape index (κ2) is 6.96. The van der Waals surface area contributed by atoms with Crippen LogP contribution in [0.3, 0.4) is 0 Å². The largest absolute Gasteiger partial charge is 0.376 e. The first-order chi connectivity index (χ1) is 9.26. The van der Waals surface area contributed by atoms with E-state index in [2.05, 4.69) is 17.2 Å². The van der Waals surface area contributed by atoms with E-state index < -0.39 is 0 Å². The minimum Gasteiger partial charge on any atom is -0.376 e. The highest BCUT2D eigenvalue weighted by Crippen LogP contribution is 2.40. The summed E-state index contributed by atoms with van der Waals surface area (Å²) in [6, 6.07) is 1.60. The molecule has 1 aliphatic rings. The van der Waals surface area contributed by atoms with E-state index in [-0.39, 0.29) is 18.0 Å². The van der Waals surface area contributed by atoms with Crippen LogP contribution >= 0.6 is 0 Å². The lowest BCUT2D eigenvalue weighted by molar-refractivity contribution is 0.0184. The smallest absolute Gasteiger partial charge is 0.141 e. The Kier molecular flexibility index (Phi) is 5.28. The van der Waals surface area contributed by atoms with Crippen molar-refractivity contribution in [2.75, 3.05) is 13.2 Å². The molecule has 4 heteroatoms. The maximum Gasteiger partial charge on any atom is 0.141 e. The molecule has 0 radical (unpaired) electrons. The third kappa shape index (κ3) is 3.98. The molecule has 0 spiro atoms. The number of aromatic nitrogens is 1. The van der Waals surface area contributed by atoms with Gasteiger partial charge in [-0.3, -0.25) is 4.98 Å². The van der Waals surface area contributed by atoms with Gasteiger partial charge in [-0.25, -0.2) is 4.39 Å². The molecule has 1 aromatic heterocycles. The lowest BCUT2D eigenvalue weighted by Crippen LogP contribution is -2.36. The van der Waals surface area contributed by atoms with E-state index >= 15 is 0 Å². The Hall–Kier alpha value is -1.00. The molecule has 2 unspecified atom stereocenters. The Bertz CT molecular complexity index is 395. The van der Waals surface area contributed by atoms with E-state index in [1.807, 2.05) is 6.92 Å². The van der Waals surface area contributed by atoms with Crippen LogP contribution in [0.5, 0.6) is 0 Å². The highest BCUT2D eigenvalue weighted by molar-refractivity contribution is 5.18. The number of nitrogens with zero attached hydrogens (tertiary/aromatic N) is 1. The molecular weight excluding hydrogens is 243 g/mol. The molecule has 1 saturated carbocycles. The van der Waals surface area contributed by atoms with Crippen LogP contribution in [0.1, 0.15) is 44.7 Å². The quantitative estimate of drug-likeness (QED) is 0.785. The van der Waals surface area contributed by atoms with E-state index in [1.165, 1.54) is 19.0 Å². The first-order valence-electron chi connectivity index (χ1n) is 7.21. The van der Waals surface area contributed by atoms with E-state index in [1.54, 1.807) is 12.3 Å². The van der Waals surface area contributed by atoms with Crippen LogP contribution in [-0.4, -0.2) is 24.2 Å². The van der Waals surface area contributed by atoms with Gasteiger partial charge in [-0.2, -0.15) is 0 Å². The predicted molar refractivity (Wildman–Crippen MR) is 73.4 cm³/mol. The average Bonchev–Trinajstić information content (AvgIpc) is 3.22. The Labute approximate surface area is 114 Å². The molecule has 0 aliphatic heterocycles. The molecule has 2 atom stereocenters. The molecular formula is C15H23FN2O. The van der Waals surface area contributed by atoms with Crippen LogP contribution in [-0.2, 0) is 4.74 Å². The number of rotatable bonds is 8. The Morgan fingerprint density at radius 1 is 1.42 bits per heavy atom. The summed E-state index contributed by atoms with van der Waals surface area (Å²) in [6.45, 7) is 5.72. The summed E-state index contributed by atoms with van der Waals surface area (Å²) in [5.41, 5.74) is 0.888. The van der Waals surface area contributed by atoms with Crippen molar-refractivity contribution in [3.05, 3.63) is 29.8 Å². The fraction of sp³-hybridized carbons (Fsp3) is 0.667. The molecule has 2 rings (SSSR count). The molecule has 1 fully saturated rings. The lowest BCUT2D eigenvalue weighted by atomic mass is 9.99. The van der Waals surface area contributed by atoms with Crippen molar-refractivity contribution >= 4 is 0 Å². The van der Waals surface area contributed by atoms with Gasteiger partial charge >= 0.3 is 0 Å². The molecule has 1 heterocycles. The minimum atomic E-state index is -0.285. The normalized spacial score (nSPS) is 18.3. The molecule has 1 aromatic rings. The van der Waals surface area contributed by atoms with Crippen molar-refractivity contribution in [2.24, 2.45) is 5.92 Å². The second-order valence-electron chi connectivity index (χ2n) is 5.13. The summed E-state index contributed by atoms with van der Waals surface area (Å²) in [5.74, 6) is 0.310. The fourth-order valence-electron chi connectivity index (χ4n) is 2.44. The van der Waals surface area contributed by atoms with Crippen molar-refractivity contribution in [1.82, 2.24) is 10.3 Å². The standard InChI is InChI=1S/C15H23FN2O/c1-3-7-18-14(12-8-13(16)10-17-9-12)15(19-4-2)11-5-6-11/h8-11,14-15,18H,3-7H2,1-2H3. The highest BCUT2D eigenvalue weighted by Gasteiger charge is 2.37. The van der Waals surface area contributed by atoms with Gasteiger partial charge in [0, 0.05) is 12.8 Å². The monoisotopic (exact) mass is 266 g/mol. The van der Waals surface area contributed by atoms with Gasteiger partial charge in [0.25, 0.3) is 0 Å². The number of hydrogen-bond acceptors (Lipinski definition) is 3. The third-order valence-corrected chi connectivity index (χ3v) is 3.47. The molecule has 0 amide bonds. The van der Waals surface area contributed by atoms with Crippen LogP contribution < -0.4 is 5.32 Å². The zero-order chi connectivity index (χ0) is 13.7. The average molecular weight is 266 g/mol. The van der Waals surface area contributed by atoms with Gasteiger partial charge in [0.2, 0.25) is 0 Å². The number of pyridine rings is 1. The summed E-state index contributed by atoms with van der Waals surface area (Å²) in [4.78, 5) is 3.96. The Balaban J connectivity index is 2.17. The number of hydrogen-bond donors (Lipinski definition) is 1. The van der Waals surface area contributed by atoms with Crippen molar-refractivity contribution < 1.29 is 9.13 Å². The maximum atomic E-state index is 13.4. The second-order valence-corrected chi connectivity index (χ2v) is 5.13. The van der Waals surface area contributed by atoms with Gasteiger partial charge in [0.1, 0.15) is 5.82 Å². The van der Waals surface area contributed by atoms with E-state index in [9.17, 15) is 4.39 Å². The molecule has 19 heavy (non-hydrogen) atoms. The SMILES string of the molecule is CCCNC(c1cncc(F)c1)C(OCC)C1CC1. The van der Waals surface area contributed by atoms with Crippen LogP contribution in [0, 0.1) is 11.7 Å². The van der Waals surface area contributed by atoms with Crippen LogP contribution in [0.4, 0.5) is 4.39 Å². The summed E-state index contributed by atoms with van der Waals surface area (Å²) in [5, 5.41) is 3.49. The minimum absolute atomic E-state index is 0.0376. The lowest BCUT2D eigenvalue weighted by Gasteiger charge is -2.28. The number of halogens is 1. The zero-order valence-electron chi connectivity index (χ0n) is 11.7. The molecule has 0 saturated heterocycles. The van der Waals surface area contributed by atoms with E-state index in [4.69, 9.17) is 4.74 Å². The maximum absolute atomic E-state index is 13.4. The van der Waals surface area contributed by atoms with Gasteiger partial charge < -0.3 is 10.1 Å².